The number of benzene rings is 5. The zero-order valence-corrected chi connectivity index (χ0v) is 35.0. The molecule has 0 spiro atoms. The molecule has 5 nitrogen and oxygen atoms in total. The van der Waals surface area contributed by atoms with E-state index >= 15 is 0 Å². The molecule has 5 aromatic carbocycles. The average Bonchev–Trinajstić information content (AvgIpc) is 3.69. The first-order chi connectivity index (χ1) is 29.0. The van der Waals surface area contributed by atoms with Crippen molar-refractivity contribution < 1.29 is 32.3 Å². The van der Waals surface area contributed by atoms with Gasteiger partial charge >= 0.3 is 198 Å². The summed E-state index contributed by atoms with van der Waals surface area (Å²) in [7, 11) is 0. The molecule has 3 aromatic heterocycles. The summed E-state index contributed by atoms with van der Waals surface area (Å²) in [6.07, 6.45) is 3.79. The first kappa shape index (κ1) is 30.2. The number of ether oxygens (including phenoxy) is 1. The number of hydrogen-bond donors (Lipinski definition) is 0. The van der Waals surface area contributed by atoms with Crippen LogP contribution < -0.4 is 4.74 Å². The summed E-state index contributed by atoms with van der Waals surface area (Å²) in [6.45, 7) is 10.9. The second-order valence-corrected chi connectivity index (χ2v) is 18.4. The molecule has 0 bridgehead atoms. The number of rotatable bonds is 5. The van der Waals surface area contributed by atoms with E-state index < -0.39 is 13.8 Å². The van der Waals surface area contributed by atoms with Crippen LogP contribution in [0.4, 0.5) is 0 Å². The van der Waals surface area contributed by atoms with Crippen molar-refractivity contribution in [1.29, 1.82) is 0 Å². The number of hydrogen-bond acceptors (Lipinski definition) is 2. The Bertz CT molecular complexity index is 3140. The molecule has 0 radical (unpaired) electrons. The third-order valence-electron chi connectivity index (χ3n) is 11.7. The molecular formula is C50H48N4OPt-2. The van der Waals surface area contributed by atoms with Crippen molar-refractivity contribution >= 4 is 32.8 Å². The van der Waals surface area contributed by atoms with Crippen LogP contribution in [0.25, 0.3) is 55.5 Å². The zero-order valence-electron chi connectivity index (χ0n) is 38.7. The molecule has 0 atom stereocenters. The molecule has 3 heterocycles. The summed E-state index contributed by atoms with van der Waals surface area (Å²) in [6, 6.07) is 38.2. The Morgan fingerprint density at radius 1 is 0.750 bits per heavy atom. The number of nitrogens with zero attached hydrogens (tertiary/aromatic N) is 4. The minimum absolute atomic E-state index is 0.0381. The van der Waals surface area contributed by atoms with Crippen LogP contribution in [-0.2, 0) is 42.6 Å². The van der Waals surface area contributed by atoms with Crippen molar-refractivity contribution in [1.82, 2.24) is 18.7 Å². The molecule has 8 aromatic rings. The minimum Gasteiger partial charge on any atom is -0.0579 e. The second kappa shape index (κ2) is 13.0. The van der Waals surface area contributed by atoms with Gasteiger partial charge in [0.25, 0.3) is 0 Å². The number of para-hydroxylation sites is 2. The van der Waals surface area contributed by atoms with E-state index in [4.69, 9.17) is 17.9 Å². The van der Waals surface area contributed by atoms with Gasteiger partial charge in [-0.05, 0) is 63.8 Å². The van der Waals surface area contributed by atoms with Gasteiger partial charge in [-0.1, -0.05) is 72.7 Å². The Balaban J connectivity index is 1.22. The molecule has 9 rings (SSSR count). The summed E-state index contributed by atoms with van der Waals surface area (Å²) in [5, 5.41) is 1.96. The molecule has 6 heteroatoms. The fraction of sp³-hybridized carbons (Fsp3) is 0.280. The molecule has 0 N–H and O–H groups in total. The van der Waals surface area contributed by atoms with Gasteiger partial charge < -0.3 is 0 Å². The maximum atomic E-state index is 8.73. The van der Waals surface area contributed by atoms with E-state index in [2.05, 4.69) is 104 Å². The van der Waals surface area contributed by atoms with Crippen LogP contribution >= 0.6 is 0 Å². The summed E-state index contributed by atoms with van der Waals surface area (Å²) >= 11 is 2.05. The van der Waals surface area contributed by atoms with E-state index in [0.29, 0.717) is 43.4 Å². The fourth-order valence-corrected chi connectivity index (χ4v) is 9.14. The van der Waals surface area contributed by atoms with Gasteiger partial charge in [-0.2, -0.15) is 0 Å². The predicted octanol–water partition coefficient (Wildman–Crippen LogP) is 12.6. The van der Waals surface area contributed by atoms with Gasteiger partial charge in [-0.25, -0.2) is 0 Å². The Morgan fingerprint density at radius 2 is 1.46 bits per heavy atom. The maximum absolute atomic E-state index is 8.73. The van der Waals surface area contributed by atoms with Gasteiger partial charge in [0.1, 0.15) is 0 Å². The number of aryl methyl sites for hydroxylation is 2. The molecular weight excluding hydrogens is 868 g/mol. The predicted molar refractivity (Wildman–Crippen MR) is 226 cm³/mol. The van der Waals surface area contributed by atoms with Crippen molar-refractivity contribution in [2.75, 3.05) is 0 Å². The van der Waals surface area contributed by atoms with Gasteiger partial charge in [0, 0.05) is 15.9 Å². The van der Waals surface area contributed by atoms with Crippen LogP contribution in [0.15, 0.2) is 103 Å². The molecule has 286 valence electrons. The Labute approximate surface area is 349 Å². The van der Waals surface area contributed by atoms with Gasteiger partial charge in [0.15, 0.2) is 0 Å². The molecule has 1 aliphatic carbocycles. The molecule has 0 fully saturated rings. The molecule has 0 unspecified atom stereocenters. The molecule has 0 aliphatic heterocycles. The standard InChI is InChI=1S/C50H48N4O.Pt/c1-32-25-47(51-30-40(32)33-17-19-34(20-18-33)48(2,3)4)54-45-27-37(55-36-14-12-13-35(26-36)53-31-52(9)43-15-10-11-16-44(43)53)21-22-38(45)39-28-41-42(29-46(39)54)50(7,8)24-23-49(41,5)6;/h10-22,25,28-30H,23-24H2,1-9H3;/q-2;/i1D3,9D3;. The SMILES string of the molecule is [2H]C([2H])([2H])c1cc(-n2c3[c-]c(Oc4[c-]c(-n5[c](=[Pt])n(C([2H])([2H])[2H])c6ccccc65)ccc4)ccc3c3cc4c(cc32)C(C)(C)CCC4(C)C)ncc1-c1ccc(C(C)(C)C)cc1. The normalized spacial score (nSPS) is 17.2. The number of pyridine rings is 1. The zero-order chi connectivity index (χ0) is 44.3. The van der Waals surface area contributed by atoms with E-state index in [1.807, 2.05) is 69.8 Å². The van der Waals surface area contributed by atoms with Crippen molar-refractivity contribution in [2.45, 2.75) is 84.4 Å². The summed E-state index contributed by atoms with van der Waals surface area (Å²) < 4.78 is 63.3. The van der Waals surface area contributed by atoms with Crippen LogP contribution in [-0.4, -0.2) is 18.7 Å². The summed E-state index contributed by atoms with van der Waals surface area (Å²) in [4.78, 5) is 5.03. The Morgan fingerprint density at radius 3 is 2.18 bits per heavy atom. The van der Waals surface area contributed by atoms with Gasteiger partial charge in [0.05, 0.1) is 0 Å². The van der Waals surface area contributed by atoms with Gasteiger partial charge in [0.2, 0.25) is 0 Å². The van der Waals surface area contributed by atoms with Crippen LogP contribution in [0.5, 0.6) is 11.5 Å². The summed E-state index contributed by atoms with van der Waals surface area (Å²) in [5.41, 5.74) is 8.68. The van der Waals surface area contributed by atoms with Crippen molar-refractivity contribution in [3.63, 3.8) is 0 Å². The van der Waals surface area contributed by atoms with E-state index in [1.165, 1.54) is 15.7 Å². The van der Waals surface area contributed by atoms with Crippen LogP contribution in [0.1, 0.15) is 91.8 Å². The number of imidazole rings is 1. The molecule has 56 heavy (non-hydrogen) atoms. The molecule has 1 aliphatic rings. The van der Waals surface area contributed by atoms with Crippen LogP contribution in [0, 0.1) is 22.8 Å². The van der Waals surface area contributed by atoms with E-state index in [1.54, 1.807) is 18.3 Å². The Hall–Kier alpha value is -4.99. The van der Waals surface area contributed by atoms with Gasteiger partial charge in [-0.3, -0.25) is 0 Å². The number of aromatic nitrogens is 4. The third-order valence-corrected chi connectivity index (χ3v) is 12.7. The molecule has 0 saturated heterocycles. The first-order valence-electron chi connectivity index (χ1n) is 22.1. The van der Waals surface area contributed by atoms with E-state index in [9.17, 15) is 0 Å². The van der Waals surface area contributed by atoms with Crippen molar-refractivity contribution in [3.05, 3.63) is 141 Å². The quantitative estimate of drug-likeness (QED) is 0.161. The fourth-order valence-electron chi connectivity index (χ4n) is 8.32. The van der Waals surface area contributed by atoms with Crippen LogP contribution in [0.2, 0.25) is 0 Å². The average molecular weight is 922 g/mol. The first-order valence-corrected chi connectivity index (χ1v) is 20.2. The van der Waals surface area contributed by atoms with Gasteiger partial charge in [-0.15, -0.1) is 0 Å². The third kappa shape index (κ3) is 6.02. The van der Waals surface area contributed by atoms with E-state index in [-0.39, 0.29) is 21.8 Å². The Kier molecular flexibility index (Phi) is 7.02. The van der Waals surface area contributed by atoms with E-state index in [0.717, 1.165) is 45.8 Å². The topological polar surface area (TPSA) is 36.9 Å². The smallest absolute Gasteiger partial charge is 0.0579 e. The second-order valence-electron chi connectivity index (χ2n) is 17.4. The minimum atomic E-state index is -2.43. The number of fused-ring (bicyclic) bond motifs is 5. The van der Waals surface area contributed by atoms with Crippen LogP contribution in [0.3, 0.4) is 0 Å². The molecule has 0 saturated carbocycles. The van der Waals surface area contributed by atoms with Crippen molar-refractivity contribution in [2.24, 2.45) is 6.98 Å². The molecule has 0 amide bonds. The summed E-state index contributed by atoms with van der Waals surface area (Å²) in [5.74, 6) is 1.31. The van der Waals surface area contributed by atoms with Crippen molar-refractivity contribution in [3.8, 4) is 34.1 Å². The monoisotopic (exact) mass is 921 g/mol.